The van der Waals surface area contributed by atoms with Gasteiger partial charge in [0.25, 0.3) is 0 Å². The highest BCUT2D eigenvalue weighted by Gasteiger charge is 2.31. The Labute approximate surface area is 324 Å². The number of carbonyl (C=O) groups is 2. The van der Waals surface area contributed by atoms with Crippen LogP contribution in [0.2, 0.25) is 0 Å². The third-order valence-electron chi connectivity index (χ3n) is 11.4. The fraction of sp³-hybridized carbons (Fsp3) is 0.682. The van der Waals surface area contributed by atoms with Crippen LogP contribution < -0.4 is 0 Å². The van der Waals surface area contributed by atoms with E-state index < -0.39 is 0 Å². The second kappa shape index (κ2) is 20.4. The number of rotatable bonds is 23. The van der Waals surface area contributed by atoms with E-state index in [2.05, 4.69) is 107 Å². The molecule has 0 aliphatic carbocycles. The highest BCUT2D eigenvalue weighted by atomic mass is 33.1. The third kappa shape index (κ3) is 13.2. The maximum Gasteiger partial charge on any atom is 0.306 e. The molecule has 52 heavy (non-hydrogen) atoms. The van der Waals surface area contributed by atoms with E-state index in [4.69, 9.17) is 9.47 Å². The van der Waals surface area contributed by atoms with Crippen molar-refractivity contribution in [2.24, 2.45) is 0 Å². The summed E-state index contributed by atoms with van der Waals surface area (Å²) in [5.41, 5.74) is 5.75. The van der Waals surface area contributed by atoms with Crippen LogP contribution in [0.3, 0.4) is 0 Å². The van der Waals surface area contributed by atoms with Gasteiger partial charge in [-0.3, -0.25) is 9.59 Å². The lowest BCUT2D eigenvalue weighted by atomic mass is 9.74. The molecular formula is C44H70O6S2. The van der Waals surface area contributed by atoms with Crippen LogP contribution in [0.15, 0.2) is 24.3 Å². The van der Waals surface area contributed by atoms with Gasteiger partial charge < -0.3 is 19.7 Å². The number of esters is 2. The average molecular weight is 759 g/mol. The highest BCUT2D eigenvalue weighted by molar-refractivity contribution is 8.76. The van der Waals surface area contributed by atoms with Crippen molar-refractivity contribution in [1.29, 1.82) is 0 Å². The van der Waals surface area contributed by atoms with Crippen molar-refractivity contribution >= 4 is 33.5 Å². The second-order valence-corrected chi connectivity index (χ2v) is 19.5. The molecule has 0 radical (unpaired) electrons. The minimum Gasteiger partial charge on any atom is -0.507 e. The first kappa shape index (κ1) is 45.8. The second-order valence-electron chi connectivity index (χ2n) is 16.8. The van der Waals surface area contributed by atoms with E-state index in [0.717, 1.165) is 73.6 Å². The van der Waals surface area contributed by atoms with Crippen LogP contribution in [0.5, 0.6) is 11.5 Å². The predicted molar refractivity (Wildman–Crippen MR) is 222 cm³/mol. The van der Waals surface area contributed by atoms with Crippen LogP contribution in [-0.4, -0.2) is 46.9 Å². The molecule has 0 fully saturated rings. The van der Waals surface area contributed by atoms with Crippen molar-refractivity contribution in [2.45, 2.75) is 169 Å². The van der Waals surface area contributed by atoms with Gasteiger partial charge in [-0.2, -0.15) is 0 Å². The van der Waals surface area contributed by atoms with Crippen molar-refractivity contribution in [3.8, 4) is 11.5 Å². The van der Waals surface area contributed by atoms with Gasteiger partial charge in [-0.15, -0.1) is 0 Å². The lowest BCUT2D eigenvalue weighted by Crippen LogP contribution is -2.21. The lowest BCUT2D eigenvalue weighted by molar-refractivity contribution is -0.144. The minimum atomic E-state index is -0.205. The molecule has 0 bridgehead atoms. The molecule has 0 saturated heterocycles. The van der Waals surface area contributed by atoms with Gasteiger partial charge in [0.15, 0.2) is 0 Å². The molecule has 294 valence electrons. The monoisotopic (exact) mass is 758 g/mol. The first-order valence-electron chi connectivity index (χ1n) is 19.6. The van der Waals surface area contributed by atoms with E-state index >= 15 is 0 Å². The first-order chi connectivity index (χ1) is 24.3. The predicted octanol–water partition coefficient (Wildman–Crippen LogP) is 11.7. The number of phenolic OH excluding ortho intramolecular Hbond substituents is 2. The summed E-state index contributed by atoms with van der Waals surface area (Å²) < 4.78 is 11.0. The van der Waals surface area contributed by atoms with Crippen molar-refractivity contribution in [3.05, 3.63) is 57.6 Å². The molecule has 0 saturated carbocycles. The SMILES string of the molecule is CCC(C)(C)c1cc(CCCOC(=O)CCSSCCC(=O)OCCCc2cc(C(C)(C)CC)c(O)c(C(C)(C)CC)c2)cc(C(C)(C)CC)c1O. The van der Waals surface area contributed by atoms with Crippen molar-refractivity contribution in [2.75, 3.05) is 24.7 Å². The largest absolute Gasteiger partial charge is 0.507 e. The molecule has 0 heterocycles. The number of benzene rings is 2. The van der Waals surface area contributed by atoms with E-state index in [0.29, 0.717) is 49.1 Å². The smallest absolute Gasteiger partial charge is 0.306 e. The van der Waals surface area contributed by atoms with Crippen LogP contribution in [-0.2, 0) is 53.6 Å². The average Bonchev–Trinajstić information content (AvgIpc) is 3.10. The van der Waals surface area contributed by atoms with E-state index in [1.165, 1.54) is 11.1 Å². The van der Waals surface area contributed by atoms with Gasteiger partial charge in [0, 0.05) is 33.8 Å². The first-order valence-corrected chi connectivity index (χ1v) is 22.0. The molecule has 0 atom stereocenters. The molecule has 2 aromatic carbocycles. The molecule has 0 unspecified atom stereocenters. The number of ether oxygens (including phenoxy) is 2. The molecule has 0 aliphatic heterocycles. The number of hydrogen-bond acceptors (Lipinski definition) is 8. The van der Waals surface area contributed by atoms with Gasteiger partial charge >= 0.3 is 11.9 Å². The van der Waals surface area contributed by atoms with E-state index in [9.17, 15) is 19.8 Å². The molecular weight excluding hydrogens is 689 g/mol. The number of phenols is 2. The minimum absolute atomic E-state index is 0.135. The zero-order valence-corrected chi connectivity index (χ0v) is 36.2. The lowest BCUT2D eigenvalue weighted by Gasteiger charge is -2.31. The summed E-state index contributed by atoms with van der Waals surface area (Å²) >= 11 is 0. The van der Waals surface area contributed by atoms with Crippen LogP contribution in [0, 0.1) is 0 Å². The quantitative estimate of drug-likeness (QED) is 0.0657. The molecule has 6 nitrogen and oxygen atoms in total. The van der Waals surface area contributed by atoms with Gasteiger partial charge in [-0.1, -0.05) is 129 Å². The van der Waals surface area contributed by atoms with Crippen LogP contribution >= 0.6 is 21.6 Å². The van der Waals surface area contributed by atoms with Gasteiger partial charge in [-0.25, -0.2) is 0 Å². The maximum absolute atomic E-state index is 12.4. The number of hydrogen-bond donors (Lipinski definition) is 2. The van der Waals surface area contributed by atoms with E-state index in [1.54, 1.807) is 21.6 Å². The summed E-state index contributed by atoms with van der Waals surface area (Å²) in [4.78, 5) is 24.7. The van der Waals surface area contributed by atoms with Gasteiger partial charge in [0.1, 0.15) is 11.5 Å². The summed E-state index contributed by atoms with van der Waals surface area (Å²) in [6.07, 6.45) is 7.37. The van der Waals surface area contributed by atoms with Crippen molar-refractivity contribution < 1.29 is 29.3 Å². The summed E-state index contributed by atoms with van der Waals surface area (Å²) in [6, 6.07) is 8.52. The van der Waals surface area contributed by atoms with Gasteiger partial charge in [-0.05, 0) is 84.2 Å². The summed E-state index contributed by atoms with van der Waals surface area (Å²) in [6.45, 7) is 26.7. The topological polar surface area (TPSA) is 93.1 Å². The Kier molecular flexibility index (Phi) is 18.0. The summed E-state index contributed by atoms with van der Waals surface area (Å²) in [7, 11) is 3.15. The Bertz CT molecular complexity index is 1280. The Balaban J connectivity index is 1.71. The van der Waals surface area contributed by atoms with Gasteiger partial charge in [0.2, 0.25) is 0 Å². The normalized spacial score (nSPS) is 12.6. The zero-order chi connectivity index (χ0) is 39.3. The molecule has 8 heteroatoms. The summed E-state index contributed by atoms with van der Waals surface area (Å²) in [5.74, 6) is 1.67. The molecule has 0 aromatic heterocycles. The molecule has 0 spiro atoms. The molecule has 2 aromatic rings. The van der Waals surface area contributed by atoms with Crippen LogP contribution in [0.4, 0.5) is 0 Å². The molecule has 2 rings (SSSR count). The number of aromatic hydroxyl groups is 2. The van der Waals surface area contributed by atoms with E-state index in [-0.39, 0.29) is 33.6 Å². The molecule has 0 aliphatic rings. The maximum atomic E-state index is 12.4. The highest BCUT2D eigenvalue weighted by Crippen LogP contribution is 2.44. The fourth-order valence-corrected chi connectivity index (χ4v) is 7.88. The fourth-order valence-electron chi connectivity index (χ4n) is 5.94. The Morgan fingerprint density at radius 1 is 0.538 bits per heavy atom. The number of carbonyl (C=O) groups excluding carboxylic acids is 2. The molecule has 2 N–H and O–H groups in total. The zero-order valence-electron chi connectivity index (χ0n) is 34.6. The van der Waals surface area contributed by atoms with Crippen LogP contribution in [0.1, 0.15) is 168 Å². The standard InChI is InChI=1S/C44H70O6S2/c1-13-41(5,6)33-27-31(28-34(39(33)47)42(7,8)14-2)19-17-23-49-37(45)21-25-51-52-26-22-38(46)50-24-18-20-32-29-35(43(9,10)15-3)40(48)36(30-32)44(11,12)16-4/h27-30,47-48H,13-26H2,1-12H3. The van der Waals surface area contributed by atoms with Crippen molar-refractivity contribution in [1.82, 2.24) is 0 Å². The summed E-state index contributed by atoms with van der Waals surface area (Å²) in [5, 5.41) is 22.4. The Hall–Kier alpha value is -2.32. The Morgan fingerprint density at radius 2 is 0.808 bits per heavy atom. The van der Waals surface area contributed by atoms with Crippen LogP contribution in [0.25, 0.3) is 0 Å². The van der Waals surface area contributed by atoms with Crippen molar-refractivity contribution in [3.63, 3.8) is 0 Å². The Morgan fingerprint density at radius 3 is 1.06 bits per heavy atom. The molecule has 0 amide bonds. The van der Waals surface area contributed by atoms with E-state index in [1.807, 2.05) is 0 Å². The van der Waals surface area contributed by atoms with Gasteiger partial charge in [0.05, 0.1) is 26.1 Å². The third-order valence-corrected chi connectivity index (χ3v) is 13.8. The number of aryl methyl sites for hydroxylation is 2.